The Labute approximate surface area is 151 Å². The quantitative estimate of drug-likeness (QED) is 0.779. The molecule has 6 heteroatoms. The zero-order valence-corrected chi connectivity index (χ0v) is 15.1. The van der Waals surface area contributed by atoms with Gasteiger partial charge in [0.2, 0.25) is 0 Å². The third-order valence-electron chi connectivity index (χ3n) is 4.85. The van der Waals surface area contributed by atoms with E-state index >= 15 is 0 Å². The lowest BCUT2D eigenvalue weighted by Crippen LogP contribution is -2.38. The average Bonchev–Trinajstić information content (AvgIpc) is 3.31. The van der Waals surface area contributed by atoms with Crippen molar-refractivity contribution in [2.45, 2.75) is 18.9 Å². The van der Waals surface area contributed by atoms with Crippen LogP contribution in [0.5, 0.6) is 0 Å². The second-order valence-corrected chi connectivity index (χ2v) is 7.57. The molecule has 130 valence electrons. The Morgan fingerprint density at radius 1 is 1.24 bits per heavy atom. The minimum Gasteiger partial charge on any atom is -0.385 e. The summed E-state index contributed by atoms with van der Waals surface area (Å²) in [7, 11) is 1.93. The number of aliphatic hydroxyl groups is 1. The number of anilines is 1. The maximum Gasteiger partial charge on any atom is 0.185 e. The third kappa shape index (κ3) is 3.32. The topological polar surface area (TPSA) is 54.2 Å². The van der Waals surface area contributed by atoms with Gasteiger partial charge in [-0.1, -0.05) is 41.7 Å². The number of aryl methyl sites for hydroxylation is 1. The van der Waals surface area contributed by atoms with Crippen molar-refractivity contribution in [3.05, 3.63) is 54.7 Å². The second kappa shape index (κ2) is 6.98. The lowest BCUT2D eigenvalue weighted by molar-refractivity contribution is 0.0875. The van der Waals surface area contributed by atoms with Crippen molar-refractivity contribution in [2.24, 2.45) is 13.0 Å². The number of benzene rings is 1. The first-order chi connectivity index (χ1) is 12.2. The minimum atomic E-state index is -0.531. The van der Waals surface area contributed by atoms with Gasteiger partial charge in [-0.05, 0) is 18.4 Å². The molecule has 0 bridgehead atoms. The van der Waals surface area contributed by atoms with Crippen LogP contribution in [0.25, 0.3) is 10.4 Å². The van der Waals surface area contributed by atoms with Gasteiger partial charge < -0.3 is 14.6 Å². The number of thiazole rings is 1. The molecule has 0 amide bonds. The molecular weight excluding hydrogens is 332 g/mol. The number of hydrogen-bond acceptors (Lipinski definition) is 5. The summed E-state index contributed by atoms with van der Waals surface area (Å²) >= 11 is 1.72. The maximum absolute atomic E-state index is 10.7. The van der Waals surface area contributed by atoms with Crippen LogP contribution in [0.4, 0.5) is 5.13 Å². The first-order valence-corrected chi connectivity index (χ1v) is 9.45. The van der Waals surface area contributed by atoms with E-state index in [9.17, 15) is 5.11 Å². The highest BCUT2D eigenvalue weighted by molar-refractivity contribution is 7.18. The van der Waals surface area contributed by atoms with Gasteiger partial charge in [0.05, 0.1) is 4.88 Å². The number of hydrogen-bond donors (Lipinski definition) is 1. The van der Waals surface area contributed by atoms with Gasteiger partial charge in [-0.15, -0.1) is 0 Å². The number of aliphatic hydroxyl groups excluding tert-OH is 1. The molecule has 3 heterocycles. The van der Waals surface area contributed by atoms with Gasteiger partial charge in [0.15, 0.2) is 5.13 Å². The number of nitrogens with zero attached hydrogens (tertiary/aromatic N) is 4. The molecule has 2 aromatic heterocycles. The SMILES string of the molecule is Cn1ccnc1C(O)C1CCCN(c2ncc(-c3ccccc3)s2)C1. The monoisotopic (exact) mass is 354 g/mol. The van der Waals surface area contributed by atoms with Crippen LogP contribution in [0, 0.1) is 5.92 Å². The van der Waals surface area contributed by atoms with Crippen LogP contribution < -0.4 is 4.90 Å². The predicted molar refractivity (Wildman–Crippen MR) is 101 cm³/mol. The minimum absolute atomic E-state index is 0.180. The van der Waals surface area contributed by atoms with Gasteiger partial charge >= 0.3 is 0 Å². The summed E-state index contributed by atoms with van der Waals surface area (Å²) in [4.78, 5) is 12.4. The maximum atomic E-state index is 10.7. The Kier molecular flexibility index (Phi) is 4.55. The Morgan fingerprint density at radius 3 is 2.84 bits per heavy atom. The molecule has 4 rings (SSSR count). The molecule has 2 atom stereocenters. The Balaban J connectivity index is 1.50. The molecule has 1 aromatic carbocycles. The van der Waals surface area contributed by atoms with Crippen LogP contribution in [0.1, 0.15) is 24.8 Å². The summed E-state index contributed by atoms with van der Waals surface area (Å²) in [6.45, 7) is 1.81. The number of rotatable bonds is 4. The molecule has 0 aliphatic carbocycles. The van der Waals surface area contributed by atoms with Crippen molar-refractivity contribution in [3.8, 4) is 10.4 Å². The highest BCUT2D eigenvalue weighted by Gasteiger charge is 2.30. The molecule has 0 spiro atoms. The van der Waals surface area contributed by atoms with Crippen LogP contribution in [-0.4, -0.2) is 32.7 Å². The second-order valence-electron chi connectivity index (χ2n) is 6.56. The summed E-state index contributed by atoms with van der Waals surface area (Å²) < 4.78 is 1.90. The van der Waals surface area contributed by atoms with Gasteiger partial charge in [0, 0.05) is 44.6 Å². The van der Waals surface area contributed by atoms with Crippen molar-refractivity contribution in [1.29, 1.82) is 0 Å². The largest absolute Gasteiger partial charge is 0.385 e. The summed E-state index contributed by atoms with van der Waals surface area (Å²) in [6, 6.07) is 10.4. The van der Waals surface area contributed by atoms with E-state index in [-0.39, 0.29) is 5.92 Å². The summed E-state index contributed by atoms with van der Waals surface area (Å²) in [5.74, 6) is 0.926. The van der Waals surface area contributed by atoms with E-state index in [1.54, 1.807) is 17.5 Å². The normalized spacial score (nSPS) is 19.1. The molecule has 3 aromatic rings. The molecular formula is C19H22N4OS. The van der Waals surface area contributed by atoms with Crippen molar-refractivity contribution in [3.63, 3.8) is 0 Å². The van der Waals surface area contributed by atoms with E-state index in [0.717, 1.165) is 36.9 Å². The van der Waals surface area contributed by atoms with Gasteiger partial charge in [0.25, 0.3) is 0 Å². The van der Waals surface area contributed by atoms with E-state index in [1.807, 2.05) is 30.1 Å². The lowest BCUT2D eigenvalue weighted by atomic mass is 9.92. The molecule has 1 N–H and O–H groups in total. The zero-order valence-electron chi connectivity index (χ0n) is 14.2. The van der Waals surface area contributed by atoms with E-state index in [1.165, 1.54) is 10.4 Å². The smallest absolute Gasteiger partial charge is 0.185 e. The first-order valence-electron chi connectivity index (χ1n) is 8.64. The van der Waals surface area contributed by atoms with Gasteiger partial charge in [-0.2, -0.15) is 0 Å². The van der Waals surface area contributed by atoms with Crippen LogP contribution >= 0.6 is 11.3 Å². The molecule has 2 unspecified atom stereocenters. The van der Waals surface area contributed by atoms with E-state index in [2.05, 4.69) is 39.1 Å². The lowest BCUT2D eigenvalue weighted by Gasteiger charge is -2.34. The molecule has 1 saturated heterocycles. The Hall–Kier alpha value is -2.18. The van der Waals surface area contributed by atoms with Crippen LogP contribution in [0.15, 0.2) is 48.9 Å². The summed E-state index contributed by atoms with van der Waals surface area (Å²) in [5, 5.41) is 11.8. The van der Waals surface area contributed by atoms with Gasteiger partial charge in [-0.25, -0.2) is 9.97 Å². The number of imidazole rings is 1. The van der Waals surface area contributed by atoms with Crippen LogP contribution in [0.2, 0.25) is 0 Å². The fraction of sp³-hybridized carbons (Fsp3) is 0.368. The molecule has 1 fully saturated rings. The zero-order chi connectivity index (χ0) is 17.2. The van der Waals surface area contributed by atoms with E-state index in [4.69, 9.17) is 0 Å². The van der Waals surface area contributed by atoms with Crippen molar-refractivity contribution in [2.75, 3.05) is 18.0 Å². The highest BCUT2D eigenvalue weighted by Crippen LogP contribution is 2.35. The standard InChI is InChI=1S/C19H22N4OS/c1-22-11-9-20-18(22)17(24)15-8-5-10-23(13-15)19-21-12-16(25-19)14-6-3-2-4-7-14/h2-4,6-7,9,11-12,15,17,24H,5,8,10,13H2,1H3. The molecule has 0 saturated carbocycles. The van der Waals surface area contributed by atoms with Crippen molar-refractivity contribution < 1.29 is 5.11 Å². The molecule has 5 nitrogen and oxygen atoms in total. The average molecular weight is 354 g/mol. The van der Waals surface area contributed by atoms with Crippen molar-refractivity contribution >= 4 is 16.5 Å². The molecule has 0 radical (unpaired) electrons. The highest BCUT2D eigenvalue weighted by atomic mass is 32.1. The van der Waals surface area contributed by atoms with Gasteiger partial charge in [0.1, 0.15) is 11.9 Å². The third-order valence-corrected chi connectivity index (χ3v) is 5.96. The predicted octanol–water partition coefficient (Wildman–Crippen LogP) is 3.49. The van der Waals surface area contributed by atoms with Gasteiger partial charge in [-0.3, -0.25) is 0 Å². The van der Waals surface area contributed by atoms with Crippen LogP contribution in [-0.2, 0) is 7.05 Å². The first kappa shape index (κ1) is 16.3. The Bertz CT molecular complexity index is 829. The van der Waals surface area contributed by atoms with Crippen LogP contribution in [0.3, 0.4) is 0 Å². The Morgan fingerprint density at radius 2 is 2.08 bits per heavy atom. The molecule has 1 aliphatic heterocycles. The molecule has 1 aliphatic rings. The summed E-state index contributed by atoms with van der Waals surface area (Å²) in [6.07, 6.45) is 7.12. The van der Waals surface area contributed by atoms with Crippen molar-refractivity contribution in [1.82, 2.24) is 14.5 Å². The summed E-state index contributed by atoms with van der Waals surface area (Å²) in [5.41, 5.74) is 1.20. The number of piperidine rings is 1. The van der Waals surface area contributed by atoms with E-state index in [0.29, 0.717) is 0 Å². The fourth-order valence-electron chi connectivity index (χ4n) is 3.46. The molecule has 25 heavy (non-hydrogen) atoms. The fourth-order valence-corrected chi connectivity index (χ4v) is 4.42. The van der Waals surface area contributed by atoms with E-state index < -0.39 is 6.10 Å². The number of aromatic nitrogens is 3.